The van der Waals surface area contributed by atoms with Crippen molar-refractivity contribution in [3.8, 4) is 0 Å². The van der Waals surface area contributed by atoms with Crippen molar-refractivity contribution >= 4 is 24.0 Å². The van der Waals surface area contributed by atoms with Crippen LogP contribution in [0.2, 0.25) is 0 Å². The molecule has 3 heterocycles. The molecule has 11 atom stereocenters. The molecule has 0 N–H and O–H groups in total. The average molecular weight is 645 g/mol. The van der Waals surface area contributed by atoms with E-state index in [-0.39, 0.29) is 54.9 Å². The topological polar surface area (TPSA) is 111 Å². The highest BCUT2D eigenvalue weighted by atomic mass is 16.6. The van der Waals surface area contributed by atoms with E-state index in [0.717, 1.165) is 17.5 Å². The molecule has 0 amide bonds. The molecule has 1 aromatic heterocycles. The van der Waals surface area contributed by atoms with Crippen LogP contribution in [0.4, 0.5) is 0 Å². The lowest BCUT2D eigenvalue weighted by Crippen LogP contribution is -2.71. The Labute approximate surface area is 275 Å². The third kappa shape index (κ3) is 4.75. The molecule has 9 heteroatoms. The highest BCUT2D eigenvalue weighted by Crippen LogP contribution is 2.74. The minimum atomic E-state index is -0.776. The molecule has 2 aromatic rings. The number of fused-ring (bicyclic) bond motifs is 4. The molecule has 0 bridgehead atoms. The molecule has 250 valence electrons. The lowest BCUT2D eigenvalue weighted by molar-refractivity contribution is -0.251. The molecule has 3 aliphatic carbocycles. The van der Waals surface area contributed by atoms with Crippen LogP contribution in [0, 0.1) is 28.1 Å². The minimum absolute atomic E-state index is 0.106. The molecule has 0 spiro atoms. The first-order valence-electron chi connectivity index (χ1n) is 16.6. The number of methoxy groups -OCH3 is 1. The number of rotatable bonds is 7. The molecule has 1 aromatic carbocycles. The van der Waals surface area contributed by atoms with Gasteiger partial charge in [-0.25, -0.2) is 4.79 Å². The van der Waals surface area contributed by atoms with Crippen molar-refractivity contribution < 1.29 is 42.5 Å². The van der Waals surface area contributed by atoms with E-state index in [1.165, 1.54) is 31.3 Å². The zero-order valence-electron chi connectivity index (χ0n) is 27.9. The van der Waals surface area contributed by atoms with E-state index >= 15 is 0 Å². The summed E-state index contributed by atoms with van der Waals surface area (Å²) in [5, 5.41) is 0. The Balaban J connectivity index is 1.36. The minimum Gasteiger partial charge on any atom is -0.472 e. The number of carbonyl (C=O) groups is 3. The summed E-state index contributed by atoms with van der Waals surface area (Å²) in [6.07, 6.45) is 5.65. The Morgan fingerprint density at radius 3 is 2.47 bits per heavy atom. The first-order valence-corrected chi connectivity index (χ1v) is 16.6. The molecule has 0 radical (unpaired) electrons. The SMILES string of the molecule is COC(=O)C[C@H]1[C@]2(C)C3=C(C)[C@H](c4ccoc4)C[C@H]3O[C@@H]2[C@@H]2OC[C@]3(C)[C@H](OC(C)=O)C[C@H](OC(=O)/C=C/c4ccccc4)[C@@]1(C)[C@@H]23. The summed E-state index contributed by atoms with van der Waals surface area (Å²) < 4.78 is 37.0. The predicted molar refractivity (Wildman–Crippen MR) is 171 cm³/mol. The van der Waals surface area contributed by atoms with Gasteiger partial charge in [0.2, 0.25) is 0 Å². The van der Waals surface area contributed by atoms with E-state index in [2.05, 4.69) is 27.7 Å². The summed E-state index contributed by atoms with van der Waals surface area (Å²) in [5.41, 5.74) is 2.36. The van der Waals surface area contributed by atoms with Gasteiger partial charge in [-0.15, -0.1) is 0 Å². The maximum Gasteiger partial charge on any atom is 0.331 e. The predicted octanol–water partition coefficient (Wildman–Crippen LogP) is 6.04. The van der Waals surface area contributed by atoms with Crippen molar-refractivity contribution in [2.75, 3.05) is 13.7 Å². The lowest BCUT2D eigenvalue weighted by atomic mass is 9.40. The number of hydrogen-bond donors (Lipinski definition) is 0. The van der Waals surface area contributed by atoms with Crippen LogP contribution in [0.3, 0.4) is 0 Å². The Kier molecular flexibility index (Phi) is 7.79. The summed E-state index contributed by atoms with van der Waals surface area (Å²) in [4.78, 5) is 39.5. The van der Waals surface area contributed by atoms with Crippen LogP contribution in [0.25, 0.3) is 6.08 Å². The zero-order chi connectivity index (χ0) is 33.3. The van der Waals surface area contributed by atoms with Crippen LogP contribution in [-0.4, -0.2) is 62.1 Å². The maximum atomic E-state index is 13.6. The molecule has 2 saturated heterocycles. The smallest absolute Gasteiger partial charge is 0.331 e. The van der Waals surface area contributed by atoms with Gasteiger partial charge in [0, 0.05) is 53.9 Å². The Morgan fingerprint density at radius 2 is 1.79 bits per heavy atom. The highest BCUT2D eigenvalue weighted by molar-refractivity contribution is 5.87. The highest BCUT2D eigenvalue weighted by Gasteiger charge is 2.78. The van der Waals surface area contributed by atoms with Crippen molar-refractivity contribution in [3.63, 3.8) is 0 Å². The molecule has 5 aliphatic rings. The fourth-order valence-electron chi connectivity index (χ4n) is 10.6. The van der Waals surface area contributed by atoms with E-state index in [0.29, 0.717) is 6.61 Å². The Morgan fingerprint density at radius 1 is 1.02 bits per heavy atom. The van der Waals surface area contributed by atoms with E-state index in [4.69, 9.17) is 28.1 Å². The second-order valence-corrected chi connectivity index (χ2v) is 14.7. The summed E-state index contributed by atoms with van der Waals surface area (Å²) in [5.74, 6) is -1.70. The van der Waals surface area contributed by atoms with E-state index in [9.17, 15) is 14.4 Å². The fourth-order valence-corrected chi connectivity index (χ4v) is 10.6. The zero-order valence-corrected chi connectivity index (χ0v) is 27.9. The van der Waals surface area contributed by atoms with Crippen molar-refractivity contribution in [3.05, 3.63) is 77.3 Å². The first kappa shape index (κ1) is 31.9. The number of esters is 3. The Hall–Kier alpha value is -3.69. The van der Waals surface area contributed by atoms with Crippen LogP contribution < -0.4 is 0 Å². The third-order valence-corrected chi connectivity index (χ3v) is 12.5. The van der Waals surface area contributed by atoms with Gasteiger partial charge in [-0.1, -0.05) is 56.7 Å². The largest absolute Gasteiger partial charge is 0.472 e. The number of allylic oxidation sites excluding steroid dienone is 1. The summed E-state index contributed by atoms with van der Waals surface area (Å²) >= 11 is 0. The maximum absolute atomic E-state index is 13.6. The molecular weight excluding hydrogens is 600 g/mol. The van der Waals surface area contributed by atoms with Gasteiger partial charge in [0.25, 0.3) is 0 Å². The van der Waals surface area contributed by atoms with Crippen LogP contribution in [0.15, 0.2) is 70.6 Å². The van der Waals surface area contributed by atoms with E-state index in [1.54, 1.807) is 18.6 Å². The summed E-state index contributed by atoms with van der Waals surface area (Å²) in [6, 6.07) is 11.5. The first-order chi connectivity index (χ1) is 22.4. The number of furan rings is 1. The van der Waals surface area contributed by atoms with Gasteiger partial charge in [0.05, 0.1) is 44.6 Å². The van der Waals surface area contributed by atoms with Crippen molar-refractivity contribution in [1.29, 1.82) is 0 Å². The molecule has 9 nitrogen and oxygen atoms in total. The number of hydrogen-bond acceptors (Lipinski definition) is 9. The van der Waals surface area contributed by atoms with Crippen molar-refractivity contribution in [1.82, 2.24) is 0 Å². The van der Waals surface area contributed by atoms with E-state index in [1.807, 2.05) is 36.4 Å². The van der Waals surface area contributed by atoms with E-state index < -0.39 is 40.4 Å². The molecule has 2 aliphatic heterocycles. The number of benzene rings is 1. The van der Waals surface area contributed by atoms with Gasteiger partial charge in [-0.2, -0.15) is 0 Å². The lowest BCUT2D eigenvalue weighted by Gasteiger charge is -2.65. The van der Waals surface area contributed by atoms with Gasteiger partial charge >= 0.3 is 17.9 Å². The second-order valence-electron chi connectivity index (χ2n) is 14.7. The van der Waals surface area contributed by atoms with Crippen molar-refractivity contribution in [2.24, 2.45) is 28.1 Å². The molecular formula is C38H44O9. The van der Waals surface area contributed by atoms with Gasteiger partial charge in [-0.05, 0) is 48.1 Å². The molecule has 47 heavy (non-hydrogen) atoms. The normalized spacial score (nSPS) is 40.1. The molecule has 0 unspecified atom stereocenters. The van der Waals surface area contributed by atoms with Gasteiger partial charge in [-0.3, -0.25) is 9.59 Å². The average Bonchev–Trinajstić information content (AvgIpc) is 3.82. The van der Waals surface area contributed by atoms with Crippen molar-refractivity contribution in [2.45, 2.75) is 90.3 Å². The van der Waals surface area contributed by atoms with Gasteiger partial charge in [0.15, 0.2) is 0 Å². The fraction of sp³-hybridized carbons (Fsp3) is 0.553. The number of ether oxygens (including phenoxy) is 5. The monoisotopic (exact) mass is 644 g/mol. The van der Waals surface area contributed by atoms with Crippen LogP contribution in [0.1, 0.15) is 70.9 Å². The Bertz CT molecular complexity index is 1610. The second kappa shape index (κ2) is 11.5. The van der Waals surface area contributed by atoms with Gasteiger partial charge in [0.1, 0.15) is 12.2 Å². The molecule has 2 saturated carbocycles. The summed E-state index contributed by atoms with van der Waals surface area (Å²) in [7, 11) is 1.41. The quantitative estimate of drug-likeness (QED) is 0.154. The number of carbonyl (C=O) groups excluding carboxylic acids is 3. The molecule has 4 fully saturated rings. The van der Waals surface area contributed by atoms with Gasteiger partial charge < -0.3 is 28.1 Å². The summed E-state index contributed by atoms with van der Waals surface area (Å²) in [6.45, 7) is 10.4. The van der Waals surface area contributed by atoms with Crippen LogP contribution >= 0.6 is 0 Å². The van der Waals surface area contributed by atoms with Crippen LogP contribution in [-0.2, 0) is 38.1 Å². The molecule has 7 rings (SSSR count). The third-order valence-electron chi connectivity index (χ3n) is 12.5. The van der Waals surface area contributed by atoms with Crippen LogP contribution in [0.5, 0.6) is 0 Å². The standard InChI is InChI=1S/C38H44O9/c1-21-25(24-14-15-43-19-24)16-26-32(21)38(5)27(17-31(41)42-6)37(4)29(47-30(40)13-12-23-10-8-7-9-11-23)18-28(45-22(2)39)36(3)20-44-33(34(36)37)35(38)46-26/h7-15,19,25-29,33-35H,16-18,20H2,1-6H3/b13-12+/t25-,26-,27-,28-,29+,33-,34+,35-,36-,37+,38-/m1/s1.